The number of carbonyl (C=O) groups excluding carboxylic acids is 1. The number of likely N-dealkylation sites (N-methyl/N-ethyl adjacent to an activating group) is 1. The summed E-state index contributed by atoms with van der Waals surface area (Å²) >= 11 is 1.49. The number of aromatic nitrogens is 4. The van der Waals surface area contributed by atoms with Gasteiger partial charge in [0.2, 0.25) is 11.1 Å². The molecule has 3 rings (SSSR count). The maximum Gasteiger partial charge on any atom is 0.235 e. The van der Waals surface area contributed by atoms with Gasteiger partial charge in [-0.1, -0.05) is 31.5 Å². The molecule has 1 saturated heterocycles. The van der Waals surface area contributed by atoms with Crippen LogP contribution in [0.5, 0.6) is 0 Å². The fourth-order valence-electron chi connectivity index (χ4n) is 3.39. The first-order valence-corrected chi connectivity index (χ1v) is 9.52. The van der Waals surface area contributed by atoms with E-state index in [1.807, 2.05) is 16.5 Å². The molecule has 2 aliphatic rings. The van der Waals surface area contributed by atoms with Crippen molar-refractivity contribution in [1.29, 1.82) is 0 Å². The predicted molar refractivity (Wildman–Crippen MR) is 89.3 cm³/mol. The van der Waals surface area contributed by atoms with E-state index in [-0.39, 0.29) is 11.2 Å². The Bertz CT molecular complexity index is 522. The molecule has 1 aromatic rings. The molecule has 128 valence electrons. The minimum Gasteiger partial charge on any atom is -0.339 e. The summed E-state index contributed by atoms with van der Waals surface area (Å²) in [7, 11) is 0. The quantitative estimate of drug-likeness (QED) is 0.757. The van der Waals surface area contributed by atoms with Crippen molar-refractivity contribution in [2.24, 2.45) is 0 Å². The SMILES string of the molecule is CCN1CCN(C(=O)C(C)Sc2nnnn2C2CCCC2)CC1. The van der Waals surface area contributed by atoms with Crippen LogP contribution in [0.1, 0.15) is 45.6 Å². The fourth-order valence-corrected chi connectivity index (χ4v) is 4.33. The Kier molecular flexibility index (Phi) is 5.53. The van der Waals surface area contributed by atoms with Gasteiger partial charge in [0.25, 0.3) is 0 Å². The predicted octanol–water partition coefficient (Wildman–Crippen LogP) is 1.43. The molecule has 1 amide bonds. The van der Waals surface area contributed by atoms with Crippen molar-refractivity contribution >= 4 is 17.7 Å². The molecule has 0 N–H and O–H groups in total. The van der Waals surface area contributed by atoms with Crippen molar-refractivity contribution in [3.8, 4) is 0 Å². The van der Waals surface area contributed by atoms with Crippen LogP contribution in [0.2, 0.25) is 0 Å². The summed E-state index contributed by atoms with van der Waals surface area (Å²) in [6, 6.07) is 0.405. The summed E-state index contributed by atoms with van der Waals surface area (Å²) < 4.78 is 1.93. The molecule has 7 nitrogen and oxygen atoms in total. The molecular formula is C15H26N6OS. The largest absolute Gasteiger partial charge is 0.339 e. The van der Waals surface area contributed by atoms with E-state index in [1.165, 1.54) is 24.6 Å². The highest BCUT2D eigenvalue weighted by molar-refractivity contribution is 8.00. The second kappa shape index (κ2) is 7.61. The van der Waals surface area contributed by atoms with Gasteiger partial charge in [0.05, 0.1) is 11.3 Å². The Balaban J connectivity index is 1.57. The molecular weight excluding hydrogens is 312 g/mol. The van der Waals surface area contributed by atoms with Crippen molar-refractivity contribution in [2.45, 2.75) is 56.0 Å². The van der Waals surface area contributed by atoms with Crippen molar-refractivity contribution in [3.63, 3.8) is 0 Å². The average Bonchev–Trinajstić information content (AvgIpc) is 3.25. The van der Waals surface area contributed by atoms with Crippen LogP contribution in [-0.4, -0.2) is 73.9 Å². The van der Waals surface area contributed by atoms with E-state index < -0.39 is 0 Å². The summed E-state index contributed by atoms with van der Waals surface area (Å²) in [6.45, 7) is 8.78. The number of carbonyl (C=O) groups is 1. The number of hydrogen-bond acceptors (Lipinski definition) is 6. The van der Waals surface area contributed by atoms with Crippen LogP contribution in [0.3, 0.4) is 0 Å². The Labute approximate surface area is 141 Å². The lowest BCUT2D eigenvalue weighted by Gasteiger charge is -2.35. The van der Waals surface area contributed by atoms with Crippen LogP contribution < -0.4 is 0 Å². The highest BCUT2D eigenvalue weighted by Gasteiger charge is 2.28. The average molecular weight is 338 g/mol. The molecule has 0 spiro atoms. The number of piperazine rings is 1. The van der Waals surface area contributed by atoms with Crippen LogP contribution in [0.25, 0.3) is 0 Å². The van der Waals surface area contributed by atoms with Gasteiger partial charge in [-0.2, -0.15) is 0 Å². The minimum atomic E-state index is -0.144. The third kappa shape index (κ3) is 3.85. The fraction of sp³-hybridized carbons (Fsp3) is 0.867. The topological polar surface area (TPSA) is 67.2 Å². The number of amides is 1. The first-order valence-electron chi connectivity index (χ1n) is 8.64. The molecule has 0 aromatic carbocycles. The van der Waals surface area contributed by atoms with Crippen molar-refractivity contribution in [1.82, 2.24) is 30.0 Å². The van der Waals surface area contributed by atoms with E-state index in [4.69, 9.17) is 0 Å². The molecule has 1 aliphatic carbocycles. The number of hydrogen-bond donors (Lipinski definition) is 0. The van der Waals surface area contributed by atoms with Gasteiger partial charge in [0.1, 0.15) is 0 Å². The molecule has 1 saturated carbocycles. The first kappa shape index (κ1) is 16.7. The standard InChI is InChI=1S/C15H26N6OS/c1-3-19-8-10-20(11-9-19)14(22)12(2)23-15-16-17-18-21(15)13-6-4-5-7-13/h12-13H,3-11H2,1-2H3. The maximum atomic E-state index is 12.7. The normalized spacial score (nSPS) is 21.7. The lowest BCUT2D eigenvalue weighted by atomic mass is 10.3. The van der Waals surface area contributed by atoms with Gasteiger partial charge in [-0.05, 0) is 36.7 Å². The zero-order chi connectivity index (χ0) is 16.2. The Hall–Kier alpha value is -1.15. The molecule has 0 bridgehead atoms. The van der Waals surface area contributed by atoms with Gasteiger partial charge in [0.15, 0.2) is 0 Å². The summed E-state index contributed by atoms with van der Waals surface area (Å²) in [4.78, 5) is 17.0. The number of nitrogens with zero attached hydrogens (tertiary/aromatic N) is 6. The zero-order valence-electron chi connectivity index (χ0n) is 14.0. The molecule has 2 heterocycles. The van der Waals surface area contributed by atoms with Crippen molar-refractivity contribution in [3.05, 3.63) is 0 Å². The molecule has 2 fully saturated rings. The summed E-state index contributed by atoms with van der Waals surface area (Å²) in [5.74, 6) is 0.201. The molecule has 8 heteroatoms. The van der Waals surface area contributed by atoms with Crippen LogP contribution in [0.15, 0.2) is 5.16 Å². The second-order valence-corrected chi connectivity index (χ2v) is 7.67. The van der Waals surface area contributed by atoms with Gasteiger partial charge in [-0.3, -0.25) is 4.79 Å². The second-order valence-electron chi connectivity index (χ2n) is 6.36. The summed E-state index contributed by atoms with van der Waals surface area (Å²) in [5, 5.41) is 12.7. The van der Waals surface area contributed by atoms with E-state index in [0.29, 0.717) is 6.04 Å². The van der Waals surface area contributed by atoms with Crippen molar-refractivity contribution < 1.29 is 4.79 Å². The lowest BCUT2D eigenvalue weighted by molar-refractivity contribution is -0.132. The molecule has 0 radical (unpaired) electrons. The number of tetrazole rings is 1. The molecule has 23 heavy (non-hydrogen) atoms. The third-order valence-corrected chi connectivity index (χ3v) is 5.93. The first-order chi connectivity index (χ1) is 11.2. The zero-order valence-corrected chi connectivity index (χ0v) is 14.8. The van der Waals surface area contributed by atoms with E-state index in [1.54, 1.807) is 0 Å². The Morgan fingerprint density at radius 2 is 1.96 bits per heavy atom. The van der Waals surface area contributed by atoms with E-state index >= 15 is 0 Å². The highest BCUT2D eigenvalue weighted by atomic mass is 32.2. The number of thioether (sulfide) groups is 1. The van der Waals surface area contributed by atoms with E-state index in [0.717, 1.165) is 50.7 Å². The smallest absolute Gasteiger partial charge is 0.235 e. The molecule has 1 atom stereocenters. The number of rotatable bonds is 5. The van der Waals surface area contributed by atoms with Gasteiger partial charge in [0, 0.05) is 26.2 Å². The van der Waals surface area contributed by atoms with Crippen LogP contribution >= 0.6 is 11.8 Å². The van der Waals surface area contributed by atoms with Gasteiger partial charge < -0.3 is 9.80 Å². The van der Waals surface area contributed by atoms with Gasteiger partial charge >= 0.3 is 0 Å². The van der Waals surface area contributed by atoms with Crippen LogP contribution in [-0.2, 0) is 4.79 Å². The lowest BCUT2D eigenvalue weighted by Crippen LogP contribution is -2.50. The third-order valence-electron chi connectivity index (χ3n) is 4.89. The summed E-state index contributed by atoms with van der Waals surface area (Å²) in [5.41, 5.74) is 0. The molecule has 1 unspecified atom stereocenters. The minimum absolute atomic E-state index is 0.144. The molecule has 1 aromatic heterocycles. The van der Waals surface area contributed by atoms with Gasteiger partial charge in [-0.25, -0.2) is 4.68 Å². The van der Waals surface area contributed by atoms with Crippen molar-refractivity contribution in [2.75, 3.05) is 32.7 Å². The highest BCUT2D eigenvalue weighted by Crippen LogP contribution is 2.32. The summed E-state index contributed by atoms with van der Waals surface area (Å²) in [6.07, 6.45) is 4.76. The van der Waals surface area contributed by atoms with Gasteiger partial charge in [-0.15, -0.1) is 5.10 Å². The monoisotopic (exact) mass is 338 g/mol. The Morgan fingerprint density at radius 3 is 2.61 bits per heavy atom. The van der Waals surface area contributed by atoms with E-state index in [9.17, 15) is 4.79 Å². The maximum absolute atomic E-state index is 12.7. The molecule has 1 aliphatic heterocycles. The van der Waals surface area contributed by atoms with E-state index in [2.05, 4.69) is 27.3 Å². The van der Waals surface area contributed by atoms with Crippen LogP contribution in [0, 0.1) is 0 Å². The Morgan fingerprint density at radius 1 is 1.26 bits per heavy atom. The van der Waals surface area contributed by atoms with Crippen LogP contribution in [0.4, 0.5) is 0 Å².